The molecule has 0 aromatic heterocycles. The summed E-state index contributed by atoms with van der Waals surface area (Å²) in [5.74, 6) is 0.352. The van der Waals surface area contributed by atoms with E-state index in [9.17, 15) is 23.9 Å². The summed E-state index contributed by atoms with van der Waals surface area (Å²) < 4.78 is 22.6. The lowest BCUT2D eigenvalue weighted by Gasteiger charge is -2.62. The predicted molar refractivity (Wildman–Crippen MR) is 160 cm³/mol. The minimum absolute atomic E-state index is 0.0506. The van der Waals surface area contributed by atoms with Gasteiger partial charge in [-0.1, -0.05) is 67.9 Å². The van der Waals surface area contributed by atoms with Crippen LogP contribution in [0.2, 0.25) is 0 Å². The molecule has 0 aromatic carbocycles. The van der Waals surface area contributed by atoms with Crippen molar-refractivity contribution in [3.05, 3.63) is 11.6 Å². The third-order valence-corrected chi connectivity index (χ3v) is 13.3. The van der Waals surface area contributed by atoms with Crippen LogP contribution in [0.1, 0.15) is 121 Å². The zero-order valence-electron chi connectivity index (χ0n) is 27.1. The van der Waals surface area contributed by atoms with Gasteiger partial charge in [0, 0.05) is 12.8 Å². The molecule has 41 heavy (non-hydrogen) atoms. The molecular weight excluding hydrogens is 539 g/mol. The normalized spacial score (nSPS) is 40.2. The molecule has 0 saturated heterocycles. The molecule has 0 aliphatic heterocycles. The number of carbonyl (C=O) groups excluding carboxylic acids is 2. The third kappa shape index (κ3) is 5.79. The number of fused-ring (bicyclic) bond motifs is 5. The largest absolute Gasteiger partial charge is 0.469 e. The first-order valence-corrected chi connectivity index (χ1v) is 17.3. The number of esters is 1. The lowest BCUT2D eigenvalue weighted by molar-refractivity contribution is -0.169. The van der Waals surface area contributed by atoms with Crippen molar-refractivity contribution in [3.8, 4) is 0 Å². The standard InChI is InChI=1S/C33H55O7P/c1-20(11-14-29(3,4)5)30(6,7)28-13-16-32(9)23-17-25(35)24-18-26(39-21(2)34)27(40-41(36,37)38)19-31(24,8)22(23)12-15-33(28,32)10/h17,20,22,24,26-28H,11-16,18-19H2,1-10H3,(H2,36,37,38)/t20-,22?,24+,26-,27-,28-,31-,32+,33-/m1/s1. The van der Waals surface area contributed by atoms with Crippen molar-refractivity contribution >= 4 is 19.6 Å². The second-order valence-corrected chi connectivity index (χ2v) is 17.7. The molecule has 4 aliphatic rings. The van der Waals surface area contributed by atoms with E-state index in [1.165, 1.54) is 25.3 Å². The highest BCUT2D eigenvalue weighted by molar-refractivity contribution is 7.46. The van der Waals surface area contributed by atoms with E-state index < -0.39 is 31.4 Å². The fraction of sp³-hybridized carbons (Fsp3) is 0.879. The summed E-state index contributed by atoms with van der Waals surface area (Å²) in [6.45, 7) is 22.5. The van der Waals surface area contributed by atoms with Crippen LogP contribution in [0.3, 0.4) is 0 Å². The minimum Gasteiger partial charge on any atom is -0.460 e. The van der Waals surface area contributed by atoms with Gasteiger partial charge in [-0.05, 0) is 102 Å². The number of hydrogen-bond acceptors (Lipinski definition) is 5. The molecule has 0 radical (unpaired) electrons. The van der Waals surface area contributed by atoms with E-state index in [-0.39, 0.29) is 46.7 Å². The summed E-state index contributed by atoms with van der Waals surface area (Å²) in [6, 6.07) is 0. The lowest BCUT2D eigenvalue weighted by Crippen LogP contribution is -2.59. The number of ether oxygens (including phenoxy) is 1. The second kappa shape index (κ2) is 10.6. The summed E-state index contributed by atoms with van der Waals surface area (Å²) in [4.78, 5) is 45.1. The second-order valence-electron chi connectivity index (χ2n) is 16.5. The van der Waals surface area contributed by atoms with E-state index in [2.05, 4.69) is 62.3 Å². The van der Waals surface area contributed by atoms with Crippen LogP contribution in [0.25, 0.3) is 0 Å². The number of ketones is 1. The van der Waals surface area contributed by atoms with Crippen LogP contribution in [-0.4, -0.2) is 33.7 Å². The maximum absolute atomic E-state index is 13.9. The van der Waals surface area contributed by atoms with E-state index in [1.807, 2.05) is 6.08 Å². The summed E-state index contributed by atoms with van der Waals surface area (Å²) >= 11 is 0. The maximum atomic E-state index is 13.9. The average Bonchev–Trinajstić information content (AvgIpc) is 3.09. The first kappa shape index (κ1) is 32.9. The van der Waals surface area contributed by atoms with Crippen LogP contribution >= 0.6 is 7.82 Å². The Morgan fingerprint density at radius 3 is 2.27 bits per heavy atom. The molecule has 3 fully saturated rings. The molecule has 0 spiro atoms. The molecule has 4 rings (SSSR count). The molecule has 7 nitrogen and oxygen atoms in total. The fourth-order valence-electron chi connectivity index (χ4n) is 9.89. The van der Waals surface area contributed by atoms with Crippen LogP contribution < -0.4 is 0 Å². The third-order valence-electron chi connectivity index (χ3n) is 12.8. The molecule has 1 unspecified atom stereocenters. The van der Waals surface area contributed by atoms with Crippen LogP contribution in [-0.2, 0) is 23.4 Å². The number of phosphoric ester groups is 1. The van der Waals surface area contributed by atoms with E-state index in [4.69, 9.17) is 9.26 Å². The monoisotopic (exact) mass is 594 g/mol. The Labute approximate surface area is 247 Å². The van der Waals surface area contributed by atoms with Crippen molar-refractivity contribution in [1.82, 2.24) is 0 Å². The molecule has 8 heteroatoms. The van der Waals surface area contributed by atoms with Crippen molar-refractivity contribution in [3.63, 3.8) is 0 Å². The van der Waals surface area contributed by atoms with Crippen molar-refractivity contribution in [2.45, 2.75) is 133 Å². The van der Waals surface area contributed by atoms with Gasteiger partial charge < -0.3 is 14.5 Å². The minimum atomic E-state index is -4.83. The number of phosphoric acid groups is 1. The quantitative estimate of drug-likeness (QED) is 0.230. The van der Waals surface area contributed by atoms with Crippen molar-refractivity contribution < 1.29 is 33.2 Å². The van der Waals surface area contributed by atoms with Crippen molar-refractivity contribution in [2.24, 2.45) is 50.7 Å². The van der Waals surface area contributed by atoms with Gasteiger partial charge in [-0.2, -0.15) is 0 Å². The topological polar surface area (TPSA) is 110 Å². The number of hydrogen-bond donors (Lipinski definition) is 2. The van der Waals surface area contributed by atoms with Gasteiger partial charge in [0.1, 0.15) is 12.2 Å². The zero-order chi connectivity index (χ0) is 31.0. The van der Waals surface area contributed by atoms with Gasteiger partial charge in [0.05, 0.1) is 0 Å². The average molecular weight is 595 g/mol. The molecule has 0 amide bonds. The SMILES string of the molecule is CC(=O)O[C@@H]1C[C@H]2C(=O)C=C3C(CC[C@]4(C)[C@@H](C(C)(C)[C@H](C)CCC(C)(C)C)CC[C@@]34C)[C@@]2(C)C[C@H]1OP(=O)(O)O. The molecule has 9 atom stereocenters. The summed E-state index contributed by atoms with van der Waals surface area (Å²) in [6.07, 6.45) is 7.15. The predicted octanol–water partition coefficient (Wildman–Crippen LogP) is 7.64. The molecule has 3 saturated carbocycles. The molecule has 4 aliphatic carbocycles. The lowest BCUT2D eigenvalue weighted by atomic mass is 9.42. The van der Waals surface area contributed by atoms with Gasteiger partial charge in [-0.15, -0.1) is 0 Å². The van der Waals surface area contributed by atoms with Crippen LogP contribution in [0.5, 0.6) is 0 Å². The zero-order valence-corrected chi connectivity index (χ0v) is 28.0. The Balaban J connectivity index is 1.68. The molecule has 2 N–H and O–H groups in total. The number of carbonyl (C=O) groups is 2. The van der Waals surface area contributed by atoms with Crippen molar-refractivity contribution in [2.75, 3.05) is 0 Å². The van der Waals surface area contributed by atoms with Gasteiger partial charge in [0.25, 0.3) is 0 Å². The highest BCUT2D eigenvalue weighted by atomic mass is 31.2. The first-order chi connectivity index (χ1) is 18.5. The Morgan fingerprint density at radius 2 is 1.71 bits per heavy atom. The van der Waals surface area contributed by atoms with Crippen LogP contribution in [0.15, 0.2) is 11.6 Å². The maximum Gasteiger partial charge on any atom is 0.469 e. The first-order valence-electron chi connectivity index (χ1n) is 15.7. The Kier molecular flexibility index (Phi) is 8.47. The smallest absolute Gasteiger partial charge is 0.460 e. The van der Waals surface area contributed by atoms with E-state index in [0.717, 1.165) is 25.7 Å². The van der Waals surface area contributed by atoms with Gasteiger partial charge in [-0.3, -0.25) is 14.1 Å². The number of rotatable bonds is 7. The van der Waals surface area contributed by atoms with E-state index in [0.29, 0.717) is 17.3 Å². The van der Waals surface area contributed by atoms with E-state index in [1.54, 1.807) is 0 Å². The highest BCUT2D eigenvalue weighted by Gasteiger charge is 2.67. The molecule has 0 heterocycles. The molecule has 0 bridgehead atoms. The van der Waals surface area contributed by atoms with Crippen LogP contribution in [0, 0.1) is 50.7 Å². The fourth-order valence-corrected chi connectivity index (χ4v) is 10.5. The number of allylic oxidation sites excluding steroid dienone is 2. The molecular formula is C33H55O7P. The van der Waals surface area contributed by atoms with Gasteiger partial charge >= 0.3 is 13.8 Å². The summed E-state index contributed by atoms with van der Waals surface area (Å²) in [5, 5.41) is 0. The highest BCUT2D eigenvalue weighted by Crippen LogP contribution is 2.74. The van der Waals surface area contributed by atoms with Crippen LogP contribution in [0.4, 0.5) is 0 Å². The van der Waals surface area contributed by atoms with Gasteiger partial charge in [0.2, 0.25) is 0 Å². The Bertz CT molecular complexity index is 1130. The Hall–Kier alpha value is -1.01. The van der Waals surface area contributed by atoms with Crippen molar-refractivity contribution in [1.29, 1.82) is 0 Å². The Morgan fingerprint density at radius 1 is 1.07 bits per heavy atom. The molecule has 0 aromatic rings. The molecule has 234 valence electrons. The summed E-state index contributed by atoms with van der Waals surface area (Å²) in [5.41, 5.74) is 1.09. The van der Waals surface area contributed by atoms with E-state index >= 15 is 0 Å². The summed E-state index contributed by atoms with van der Waals surface area (Å²) in [7, 11) is -4.83. The van der Waals surface area contributed by atoms with Gasteiger partial charge in [0.15, 0.2) is 5.78 Å². The van der Waals surface area contributed by atoms with Gasteiger partial charge in [-0.25, -0.2) is 4.57 Å².